The minimum atomic E-state index is -3.69. The fourth-order valence-corrected chi connectivity index (χ4v) is 3.98. The molecule has 0 spiro atoms. The van der Waals surface area contributed by atoms with E-state index in [4.69, 9.17) is 0 Å². The predicted molar refractivity (Wildman–Crippen MR) is 97.2 cm³/mol. The summed E-state index contributed by atoms with van der Waals surface area (Å²) < 4.78 is 24.6. The van der Waals surface area contributed by atoms with Crippen molar-refractivity contribution in [3.63, 3.8) is 0 Å². The zero-order valence-corrected chi connectivity index (χ0v) is 15.0. The van der Waals surface area contributed by atoms with E-state index in [-0.39, 0.29) is 4.90 Å². The summed E-state index contributed by atoms with van der Waals surface area (Å²) in [4.78, 5) is 20.6. The second-order valence-electron chi connectivity index (χ2n) is 5.37. The Hall–Kier alpha value is -2.58. The molecule has 0 aliphatic rings. The van der Waals surface area contributed by atoms with E-state index in [1.165, 1.54) is 23.5 Å². The van der Waals surface area contributed by atoms with Gasteiger partial charge in [-0.05, 0) is 31.2 Å². The van der Waals surface area contributed by atoms with Gasteiger partial charge in [0, 0.05) is 11.6 Å². The Morgan fingerprint density at radius 1 is 1.12 bits per heavy atom. The third kappa shape index (κ3) is 4.28. The number of sulfone groups is 1. The minimum Gasteiger partial charge on any atom is -0.301 e. The predicted octanol–water partition coefficient (Wildman–Crippen LogP) is 2.93. The van der Waals surface area contributed by atoms with Crippen LogP contribution in [0.2, 0.25) is 0 Å². The van der Waals surface area contributed by atoms with Crippen molar-refractivity contribution < 1.29 is 13.2 Å². The van der Waals surface area contributed by atoms with E-state index in [0.717, 1.165) is 5.56 Å². The monoisotopic (exact) mass is 373 g/mol. The number of carbonyl (C=O) groups excluding carboxylic acids is 1. The largest absolute Gasteiger partial charge is 0.301 e. The molecule has 2 heterocycles. The van der Waals surface area contributed by atoms with Crippen LogP contribution in [0.1, 0.15) is 5.56 Å². The zero-order valence-electron chi connectivity index (χ0n) is 13.3. The van der Waals surface area contributed by atoms with Crippen LogP contribution in [0.25, 0.3) is 11.4 Å². The number of anilines is 1. The molecule has 0 bridgehead atoms. The maximum absolute atomic E-state index is 12.3. The summed E-state index contributed by atoms with van der Waals surface area (Å²) in [6.07, 6.45) is 1.65. The summed E-state index contributed by atoms with van der Waals surface area (Å²) in [5.41, 5.74) is 2.27. The highest BCUT2D eigenvalue weighted by Crippen LogP contribution is 2.23. The van der Waals surface area contributed by atoms with E-state index >= 15 is 0 Å². The van der Waals surface area contributed by atoms with Crippen LogP contribution in [-0.2, 0) is 14.6 Å². The summed E-state index contributed by atoms with van der Waals surface area (Å²) in [6, 6.07) is 11.8. The molecule has 0 aliphatic carbocycles. The van der Waals surface area contributed by atoms with Crippen molar-refractivity contribution in [3.8, 4) is 11.4 Å². The lowest BCUT2D eigenvalue weighted by atomic mass is 10.2. The summed E-state index contributed by atoms with van der Waals surface area (Å²) >= 11 is 1.22. The van der Waals surface area contributed by atoms with Crippen LogP contribution in [0.15, 0.2) is 58.9 Å². The van der Waals surface area contributed by atoms with Crippen molar-refractivity contribution in [2.45, 2.75) is 11.8 Å². The van der Waals surface area contributed by atoms with Gasteiger partial charge in [-0.3, -0.25) is 9.78 Å². The maximum atomic E-state index is 12.3. The lowest BCUT2D eigenvalue weighted by Gasteiger charge is -2.05. The Balaban J connectivity index is 1.69. The van der Waals surface area contributed by atoms with Gasteiger partial charge in [-0.15, -0.1) is 11.3 Å². The van der Waals surface area contributed by atoms with Crippen molar-refractivity contribution in [2.75, 3.05) is 11.1 Å². The van der Waals surface area contributed by atoms with Gasteiger partial charge in [0.05, 0.1) is 10.6 Å². The average molecular weight is 373 g/mol. The lowest BCUT2D eigenvalue weighted by Crippen LogP contribution is -2.23. The molecule has 0 atom stereocenters. The highest BCUT2D eigenvalue weighted by Gasteiger charge is 2.20. The normalized spacial score (nSPS) is 11.2. The second-order valence-corrected chi connectivity index (χ2v) is 8.22. The standard InChI is InChI=1S/C17H15N3O3S2/c1-12-5-7-13(8-6-12)25(22,23)11-16(21)20-17-19-15(10-24-17)14-4-2-3-9-18-14/h2-10H,11H2,1H3,(H,19,20,21). The van der Waals surface area contributed by atoms with E-state index in [0.29, 0.717) is 16.5 Å². The Kier molecular flexibility index (Phi) is 4.91. The molecule has 1 amide bonds. The highest BCUT2D eigenvalue weighted by atomic mass is 32.2. The first-order chi connectivity index (χ1) is 11.9. The van der Waals surface area contributed by atoms with Gasteiger partial charge in [0.15, 0.2) is 15.0 Å². The quantitative estimate of drug-likeness (QED) is 0.743. The van der Waals surface area contributed by atoms with Gasteiger partial charge in [0.2, 0.25) is 5.91 Å². The van der Waals surface area contributed by atoms with Crippen molar-refractivity contribution in [1.82, 2.24) is 9.97 Å². The fourth-order valence-electron chi connectivity index (χ4n) is 2.12. The number of aryl methyl sites for hydroxylation is 1. The van der Waals surface area contributed by atoms with Crippen molar-refractivity contribution in [2.24, 2.45) is 0 Å². The molecule has 128 valence electrons. The molecule has 25 heavy (non-hydrogen) atoms. The number of pyridine rings is 1. The third-order valence-electron chi connectivity index (χ3n) is 3.38. The first-order valence-electron chi connectivity index (χ1n) is 7.40. The molecule has 0 fully saturated rings. The van der Waals surface area contributed by atoms with Crippen LogP contribution >= 0.6 is 11.3 Å². The summed E-state index contributed by atoms with van der Waals surface area (Å²) in [7, 11) is -3.69. The first kappa shape index (κ1) is 17.2. The molecule has 3 rings (SSSR count). The van der Waals surface area contributed by atoms with E-state index in [9.17, 15) is 13.2 Å². The molecule has 8 heteroatoms. The molecule has 0 aliphatic heterocycles. The average Bonchev–Trinajstić information content (AvgIpc) is 3.04. The van der Waals surface area contributed by atoms with E-state index in [1.807, 2.05) is 19.1 Å². The number of benzene rings is 1. The molecule has 0 unspecified atom stereocenters. The van der Waals surface area contributed by atoms with Gasteiger partial charge in [0.25, 0.3) is 0 Å². The molecule has 0 radical (unpaired) electrons. The Bertz CT molecular complexity index is 981. The highest BCUT2D eigenvalue weighted by molar-refractivity contribution is 7.92. The number of carbonyl (C=O) groups is 1. The second kappa shape index (κ2) is 7.12. The number of rotatable bonds is 5. The number of amides is 1. The Morgan fingerprint density at radius 3 is 2.56 bits per heavy atom. The minimum absolute atomic E-state index is 0.126. The molecule has 2 aromatic heterocycles. The summed E-state index contributed by atoms with van der Waals surface area (Å²) in [5.74, 6) is -1.25. The van der Waals surface area contributed by atoms with Crippen LogP contribution in [0, 0.1) is 6.92 Å². The number of aromatic nitrogens is 2. The van der Waals surface area contributed by atoms with Gasteiger partial charge in [0.1, 0.15) is 11.4 Å². The fraction of sp³-hybridized carbons (Fsp3) is 0.118. The summed E-state index contributed by atoms with van der Waals surface area (Å²) in [6.45, 7) is 1.87. The maximum Gasteiger partial charge on any atom is 0.241 e. The number of nitrogens with one attached hydrogen (secondary N) is 1. The van der Waals surface area contributed by atoms with E-state index in [1.54, 1.807) is 29.8 Å². The van der Waals surface area contributed by atoms with Crippen molar-refractivity contribution in [1.29, 1.82) is 0 Å². The number of nitrogens with zero attached hydrogens (tertiary/aromatic N) is 2. The Morgan fingerprint density at radius 2 is 1.88 bits per heavy atom. The van der Waals surface area contributed by atoms with Gasteiger partial charge in [-0.2, -0.15) is 0 Å². The molecule has 0 saturated carbocycles. The number of hydrogen-bond donors (Lipinski definition) is 1. The van der Waals surface area contributed by atoms with Crippen LogP contribution in [0.4, 0.5) is 5.13 Å². The third-order valence-corrected chi connectivity index (χ3v) is 5.77. The van der Waals surface area contributed by atoms with Crippen molar-refractivity contribution >= 4 is 32.2 Å². The molecular formula is C17H15N3O3S2. The van der Waals surface area contributed by atoms with Gasteiger partial charge >= 0.3 is 0 Å². The SMILES string of the molecule is Cc1ccc(S(=O)(=O)CC(=O)Nc2nc(-c3ccccn3)cs2)cc1. The summed E-state index contributed by atoms with van der Waals surface area (Å²) in [5, 5.41) is 4.62. The Labute approximate surface area is 149 Å². The van der Waals surface area contributed by atoms with Gasteiger partial charge < -0.3 is 5.32 Å². The van der Waals surface area contributed by atoms with Gasteiger partial charge in [-0.1, -0.05) is 23.8 Å². The molecular weight excluding hydrogens is 358 g/mol. The molecule has 6 nitrogen and oxygen atoms in total. The van der Waals surface area contributed by atoms with E-state index in [2.05, 4.69) is 15.3 Å². The van der Waals surface area contributed by atoms with E-state index < -0.39 is 21.5 Å². The van der Waals surface area contributed by atoms with Crippen LogP contribution in [-0.4, -0.2) is 30.0 Å². The first-order valence-corrected chi connectivity index (χ1v) is 9.93. The molecule has 1 N–H and O–H groups in total. The smallest absolute Gasteiger partial charge is 0.241 e. The lowest BCUT2D eigenvalue weighted by molar-refractivity contribution is -0.113. The van der Waals surface area contributed by atoms with Gasteiger partial charge in [-0.25, -0.2) is 13.4 Å². The number of thiazole rings is 1. The molecule has 3 aromatic rings. The van der Waals surface area contributed by atoms with Crippen LogP contribution in [0.3, 0.4) is 0 Å². The number of hydrogen-bond acceptors (Lipinski definition) is 6. The molecule has 1 aromatic carbocycles. The van der Waals surface area contributed by atoms with Crippen LogP contribution < -0.4 is 5.32 Å². The topological polar surface area (TPSA) is 89.0 Å². The molecule has 0 saturated heterocycles. The van der Waals surface area contributed by atoms with Crippen LogP contribution in [0.5, 0.6) is 0 Å². The van der Waals surface area contributed by atoms with Crippen molar-refractivity contribution in [3.05, 3.63) is 59.6 Å². The zero-order chi connectivity index (χ0) is 17.9.